The van der Waals surface area contributed by atoms with Crippen molar-refractivity contribution in [1.82, 2.24) is 0 Å². The van der Waals surface area contributed by atoms with Crippen LogP contribution in [0, 0.1) is 23.7 Å². The molecule has 1 heteroatoms. The van der Waals surface area contributed by atoms with E-state index in [1.807, 2.05) is 17.5 Å². The number of aryl methyl sites for hydroxylation is 4. The highest BCUT2D eigenvalue weighted by atomic mass is 32.1. The standard InChI is InChI=1S/C30H22S/c1-2-30(31-21-1)20-16-26-9-7-25(8-10-26)14-19-29-22-27-12-11-23-3-5-24(6-4-23)13-17-28(29)18-15-27/h1-10,15,18,21-22H,11-13,17H2. The van der Waals surface area contributed by atoms with Gasteiger partial charge in [0.05, 0.1) is 4.88 Å². The van der Waals surface area contributed by atoms with Crippen LogP contribution < -0.4 is 0 Å². The summed E-state index contributed by atoms with van der Waals surface area (Å²) < 4.78 is 0. The van der Waals surface area contributed by atoms with Crippen molar-refractivity contribution in [3.8, 4) is 23.7 Å². The van der Waals surface area contributed by atoms with Gasteiger partial charge in [-0.3, -0.25) is 0 Å². The van der Waals surface area contributed by atoms with Gasteiger partial charge in [-0.2, -0.15) is 0 Å². The molecule has 0 saturated heterocycles. The van der Waals surface area contributed by atoms with Crippen molar-refractivity contribution >= 4 is 11.3 Å². The molecule has 0 amide bonds. The molecule has 0 spiro atoms. The Bertz CT molecular complexity index is 1300. The Morgan fingerprint density at radius 2 is 1.16 bits per heavy atom. The van der Waals surface area contributed by atoms with Crippen molar-refractivity contribution in [2.24, 2.45) is 0 Å². The van der Waals surface area contributed by atoms with Crippen LogP contribution in [-0.4, -0.2) is 0 Å². The van der Waals surface area contributed by atoms with Gasteiger partial charge in [-0.15, -0.1) is 11.3 Å². The van der Waals surface area contributed by atoms with Gasteiger partial charge in [-0.05, 0) is 89.7 Å². The van der Waals surface area contributed by atoms with Gasteiger partial charge >= 0.3 is 0 Å². The van der Waals surface area contributed by atoms with Gasteiger partial charge in [-0.1, -0.05) is 66.1 Å². The minimum atomic E-state index is 1.01. The fourth-order valence-electron chi connectivity index (χ4n) is 3.81. The summed E-state index contributed by atoms with van der Waals surface area (Å²) in [5.41, 5.74) is 8.69. The van der Waals surface area contributed by atoms with E-state index in [-0.39, 0.29) is 0 Å². The van der Waals surface area contributed by atoms with Crippen LogP contribution in [0.4, 0.5) is 0 Å². The van der Waals surface area contributed by atoms with E-state index in [1.54, 1.807) is 11.3 Å². The van der Waals surface area contributed by atoms with Crippen LogP contribution >= 0.6 is 11.3 Å². The van der Waals surface area contributed by atoms with Crippen LogP contribution in [0.2, 0.25) is 0 Å². The first kappa shape index (κ1) is 19.4. The first-order valence-corrected chi connectivity index (χ1v) is 11.6. The van der Waals surface area contributed by atoms with E-state index in [2.05, 4.69) is 90.4 Å². The van der Waals surface area contributed by atoms with E-state index in [0.29, 0.717) is 0 Å². The first-order valence-electron chi connectivity index (χ1n) is 10.7. The maximum atomic E-state index is 3.45. The Morgan fingerprint density at radius 3 is 1.84 bits per heavy atom. The van der Waals surface area contributed by atoms with Gasteiger partial charge < -0.3 is 0 Å². The van der Waals surface area contributed by atoms with E-state index in [0.717, 1.165) is 47.3 Å². The first-order chi connectivity index (χ1) is 15.3. The molecule has 3 aromatic carbocycles. The lowest BCUT2D eigenvalue weighted by Gasteiger charge is -2.11. The Kier molecular flexibility index (Phi) is 5.70. The van der Waals surface area contributed by atoms with Gasteiger partial charge in [0, 0.05) is 16.7 Å². The van der Waals surface area contributed by atoms with Crippen LogP contribution in [0.25, 0.3) is 0 Å². The summed E-state index contributed by atoms with van der Waals surface area (Å²) in [7, 11) is 0. The number of benzene rings is 3. The summed E-state index contributed by atoms with van der Waals surface area (Å²) in [6.45, 7) is 0. The third-order valence-electron chi connectivity index (χ3n) is 5.66. The van der Waals surface area contributed by atoms with E-state index >= 15 is 0 Å². The third-order valence-corrected chi connectivity index (χ3v) is 6.45. The number of thiophene rings is 1. The van der Waals surface area contributed by atoms with Crippen molar-refractivity contribution in [1.29, 1.82) is 0 Å². The SMILES string of the molecule is C(#Cc1cccs1)c1ccc(C#Cc2cc3ccc2CCc2ccc(cc2)CC3)cc1. The van der Waals surface area contributed by atoms with Crippen molar-refractivity contribution in [3.05, 3.63) is 128 Å². The molecule has 31 heavy (non-hydrogen) atoms. The van der Waals surface area contributed by atoms with Gasteiger partial charge in [0.1, 0.15) is 0 Å². The Labute approximate surface area is 188 Å². The Morgan fingerprint density at radius 1 is 0.548 bits per heavy atom. The molecule has 0 saturated carbocycles. The zero-order valence-electron chi connectivity index (χ0n) is 17.3. The molecule has 0 atom stereocenters. The Hall–Kier alpha value is -3.52. The summed E-state index contributed by atoms with van der Waals surface area (Å²) in [5.74, 6) is 13.3. The molecular weight excluding hydrogens is 392 g/mol. The summed E-state index contributed by atoms with van der Waals surface area (Å²) in [5, 5.41) is 2.05. The zero-order chi connectivity index (χ0) is 20.9. The third kappa shape index (κ3) is 4.97. The normalized spacial score (nSPS) is 12.1. The minimum Gasteiger partial charge on any atom is -0.135 e. The van der Waals surface area contributed by atoms with Gasteiger partial charge in [0.15, 0.2) is 0 Å². The molecule has 148 valence electrons. The molecule has 4 bridgehead atoms. The smallest absolute Gasteiger partial charge is 0.0772 e. The molecule has 0 radical (unpaired) electrons. The second-order valence-electron chi connectivity index (χ2n) is 7.86. The molecule has 8 rings (SSSR count). The van der Waals surface area contributed by atoms with Gasteiger partial charge in [0.25, 0.3) is 0 Å². The quantitative estimate of drug-likeness (QED) is 0.291. The van der Waals surface area contributed by atoms with E-state index in [9.17, 15) is 0 Å². The molecule has 4 aromatic rings. The van der Waals surface area contributed by atoms with Crippen LogP contribution in [0.15, 0.2) is 84.2 Å². The molecule has 1 heterocycles. The topological polar surface area (TPSA) is 0 Å². The highest BCUT2D eigenvalue weighted by molar-refractivity contribution is 7.10. The predicted molar refractivity (Wildman–Crippen MR) is 130 cm³/mol. The lowest BCUT2D eigenvalue weighted by atomic mass is 9.93. The molecule has 0 aliphatic heterocycles. The summed E-state index contributed by atoms with van der Waals surface area (Å²) >= 11 is 1.67. The van der Waals surface area contributed by atoms with Crippen molar-refractivity contribution < 1.29 is 0 Å². The molecular formula is C30H22S. The fourth-order valence-corrected chi connectivity index (χ4v) is 4.38. The minimum absolute atomic E-state index is 1.01. The second kappa shape index (κ2) is 9.09. The van der Waals surface area contributed by atoms with E-state index in [4.69, 9.17) is 0 Å². The molecule has 4 aliphatic rings. The fraction of sp³-hybridized carbons (Fsp3) is 0.133. The van der Waals surface area contributed by atoms with E-state index < -0.39 is 0 Å². The molecule has 0 unspecified atom stereocenters. The molecule has 0 fully saturated rings. The maximum Gasteiger partial charge on any atom is 0.0772 e. The molecule has 0 nitrogen and oxygen atoms in total. The second-order valence-corrected chi connectivity index (χ2v) is 8.81. The largest absolute Gasteiger partial charge is 0.135 e. The summed E-state index contributed by atoms with van der Waals surface area (Å²) in [6.07, 6.45) is 4.18. The average molecular weight is 415 g/mol. The van der Waals surface area contributed by atoms with Crippen LogP contribution in [0.3, 0.4) is 0 Å². The monoisotopic (exact) mass is 414 g/mol. The summed E-state index contributed by atoms with van der Waals surface area (Å²) in [4.78, 5) is 1.09. The maximum absolute atomic E-state index is 3.45. The molecule has 1 aromatic heterocycles. The number of rotatable bonds is 0. The lowest BCUT2D eigenvalue weighted by molar-refractivity contribution is 0.918. The average Bonchev–Trinajstić information content (AvgIpc) is 3.33. The van der Waals surface area contributed by atoms with Crippen LogP contribution in [-0.2, 0) is 25.7 Å². The number of hydrogen-bond donors (Lipinski definition) is 0. The van der Waals surface area contributed by atoms with Gasteiger partial charge in [-0.25, -0.2) is 0 Å². The molecule has 0 N–H and O–H groups in total. The summed E-state index contributed by atoms with van der Waals surface area (Å²) in [6, 6.07) is 28.2. The molecule has 4 aliphatic carbocycles. The highest BCUT2D eigenvalue weighted by Crippen LogP contribution is 2.19. The highest BCUT2D eigenvalue weighted by Gasteiger charge is 2.06. The van der Waals surface area contributed by atoms with Crippen molar-refractivity contribution in [2.75, 3.05) is 0 Å². The van der Waals surface area contributed by atoms with Crippen LogP contribution in [0.5, 0.6) is 0 Å². The zero-order valence-corrected chi connectivity index (χ0v) is 18.1. The predicted octanol–water partition coefficient (Wildman–Crippen LogP) is 6.43. The van der Waals surface area contributed by atoms with Gasteiger partial charge in [0.2, 0.25) is 0 Å². The number of hydrogen-bond acceptors (Lipinski definition) is 1. The van der Waals surface area contributed by atoms with Crippen molar-refractivity contribution in [2.45, 2.75) is 25.7 Å². The van der Waals surface area contributed by atoms with Crippen molar-refractivity contribution in [3.63, 3.8) is 0 Å². The Balaban J connectivity index is 1.38. The van der Waals surface area contributed by atoms with Crippen LogP contribution in [0.1, 0.15) is 43.8 Å². The lowest BCUT2D eigenvalue weighted by Crippen LogP contribution is -2.00. The van der Waals surface area contributed by atoms with E-state index in [1.165, 1.54) is 22.3 Å².